The summed E-state index contributed by atoms with van der Waals surface area (Å²) in [6.07, 6.45) is 4.76. The molecule has 0 saturated heterocycles. The number of carbonyl (C=O) groups excluding carboxylic acids is 1. The molecule has 0 unspecified atom stereocenters. The fourth-order valence-electron chi connectivity index (χ4n) is 2.28. The average Bonchev–Trinajstić information content (AvgIpc) is 2.60. The van der Waals surface area contributed by atoms with Crippen LogP contribution in [0.2, 0.25) is 0 Å². The summed E-state index contributed by atoms with van der Waals surface area (Å²) in [5.41, 5.74) is 2.92. The average molecular weight is 311 g/mol. The Kier molecular flexibility index (Phi) is 6.15. The molecule has 0 atom stereocenters. The molecule has 1 aromatic heterocycles. The SMILES string of the molecule is CCCCN(C)C(=O)c1ccc(Nc2ccc(CC)cc2)nc1. The van der Waals surface area contributed by atoms with Gasteiger partial charge in [0.2, 0.25) is 0 Å². The van der Waals surface area contributed by atoms with Gasteiger partial charge >= 0.3 is 0 Å². The molecule has 2 aromatic rings. The van der Waals surface area contributed by atoms with Crippen molar-refractivity contribution >= 4 is 17.4 Å². The van der Waals surface area contributed by atoms with Crippen molar-refractivity contribution in [2.45, 2.75) is 33.1 Å². The molecule has 0 aliphatic carbocycles. The third-order valence-electron chi connectivity index (χ3n) is 3.84. The summed E-state index contributed by atoms with van der Waals surface area (Å²) in [6.45, 7) is 5.03. The van der Waals surface area contributed by atoms with E-state index in [1.807, 2.05) is 31.3 Å². The summed E-state index contributed by atoms with van der Waals surface area (Å²) in [4.78, 5) is 18.3. The number of nitrogens with zero attached hydrogens (tertiary/aromatic N) is 2. The Labute approximate surface area is 138 Å². The van der Waals surface area contributed by atoms with E-state index in [0.717, 1.165) is 37.3 Å². The van der Waals surface area contributed by atoms with E-state index < -0.39 is 0 Å². The van der Waals surface area contributed by atoms with Gasteiger partial charge in [0.05, 0.1) is 5.56 Å². The fourth-order valence-corrected chi connectivity index (χ4v) is 2.28. The molecule has 1 amide bonds. The highest BCUT2D eigenvalue weighted by atomic mass is 16.2. The van der Waals surface area contributed by atoms with Crippen LogP contribution in [-0.4, -0.2) is 29.4 Å². The van der Waals surface area contributed by atoms with Gasteiger partial charge in [-0.3, -0.25) is 4.79 Å². The van der Waals surface area contributed by atoms with Crippen molar-refractivity contribution in [2.75, 3.05) is 18.9 Å². The molecule has 23 heavy (non-hydrogen) atoms. The number of hydrogen-bond donors (Lipinski definition) is 1. The van der Waals surface area contributed by atoms with E-state index >= 15 is 0 Å². The number of hydrogen-bond acceptors (Lipinski definition) is 3. The number of nitrogens with one attached hydrogen (secondary N) is 1. The smallest absolute Gasteiger partial charge is 0.255 e. The molecule has 1 aromatic carbocycles. The molecule has 0 bridgehead atoms. The van der Waals surface area contributed by atoms with Gasteiger partial charge in [0.1, 0.15) is 5.82 Å². The molecule has 0 fully saturated rings. The lowest BCUT2D eigenvalue weighted by molar-refractivity contribution is 0.0793. The van der Waals surface area contributed by atoms with Crippen LogP contribution in [0.3, 0.4) is 0 Å². The lowest BCUT2D eigenvalue weighted by Gasteiger charge is -2.16. The molecule has 4 heteroatoms. The molecule has 0 aliphatic rings. The largest absolute Gasteiger partial charge is 0.342 e. The Morgan fingerprint density at radius 1 is 1.13 bits per heavy atom. The molecule has 1 N–H and O–H groups in total. The Balaban J connectivity index is 1.99. The third kappa shape index (κ3) is 4.81. The van der Waals surface area contributed by atoms with E-state index in [1.165, 1.54) is 5.56 Å². The zero-order chi connectivity index (χ0) is 16.7. The van der Waals surface area contributed by atoms with Gasteiger partial charge < -0.3 is 10.2 Å². The van der Waals surface area contributed by atoms with Crippen LogP contribution < -0.4 is 5.32 Å². The number of aryl methyl sites for hydroxylation is 1. The zero-order valence-corrected chi connectivity index (χ0v) is 14.2. The lowest BCUT2D eigenvalue weighted by Crippen LogP contribution is -2.27. The minimum absolute atomic E-state index is 0.0183. The van der Waals surface area contributed by atoms with Crippen molar-refractivity contribution in [2.24, 2.45) is 0 Å². The van der Waals surface area contributed by atoms with E-state index in [0.29, 0.717) is 5.56 Å². The van der Waals surface area contributed by atoms with E-state index in [4.69, 9.17) is 0 Å². The normalized spacial score (nSPS) is 10.4. The maximum Gasteiger partial charge on any atom is 0.255 e. The second-order valence-electron chi connectivity index (χ2n) is 5.69. The van der Waals surface area contributed by atoms with Crippen LogP contribution >= 0.6 is 0 Å². The number of carbonyl (C=O) groups is 1. The number of rotatable bonds is 7. The van der Waals surface area contributed by atoms with Gasteiger partial charge in [-0.2, -0.15) is 0 Å². The van der Waals surface area contributed by atoms with Crippen molar-refractivity contribution in [1.82, 2.24) is 9.88 Å². The van der Waals surface area contributed by atoms with Gasteiger partial charge in [-0.15, -0.1) is 0 Å². The number of benzene rings is 1. The van der Waals surface area contributed by atoms with Gasteiger partial charge in [0.15, 0.2) is 0 Å². The first kappa shape index (κ1) is 17.0. The summed E-state index contributed by atoms with van der Waals surface area (Å²) >= 11 is 0. The first-order chi connectivity index (χ1) is 11.1. The minimum atomic E-state index is 0.0183. The molecular formula is C19H25N3O. The highest BCUT2D eigenvalue weighted by Gasteiger charge is 2.11. The molecule has 2 rings (SSSR count). The number of anilines is 2. The predicted octanol–water partition coefficient (Wildman–Crippen LogP) is 4.26. The molecule has 0 spiro atoms. The lowest BCUT2D eigenvalue weighted by atomic mass is 10.1. The minimum Gasteiger partial charge on any atom is -0.342 e. The summed E-state index contributed by atoms with van der Waals surface area (Å²) in [5, 5.41) is 3.25. The van der Waals surface area contributed by atoms with Crippen molar-refractivity contribution in [3.8, 4) is 0 Å². The van der Waals surface area contributed by atoms with Crippen LogP contribution in [0, 0.1) is 0 Å². The predicted molar refractivity (Wildman–Crippen MR) is 95.2 cm³/mol. The van der Waals surface area contributed by atoms with Crippen LogP contribution in [0.25, 0.3) is 0 Å². The second-order valence-corrected chi connectivity index (χ2v) is 5.69. The van der Waals surface area contributed by atoms with Crippen molar-refractivity contribution in [3.05, 3.63) is 53.7 Å². The van der Waals surface area contributed by atoms with E-state index in [-0.39, 0.29) is 5.91 Å². The fraction of sp³-hybridized carbons (Fsp3) is 0.368. The zero-order valence-electron chi connectivity index (χ0n) is 14.2. The number of amides is 1. The van der Waals surface area contributed by atoms with Crippen LogP contribution in [0.15, 0.2) is 42.6 Å². The van der Waals surface area contributed by atoms with Crippen LogP contribution in [0.4, 0.5) is 11.5 Å². The topological polar surface area (TPSA) is 45.2 Å². The summed E-state index contributed by atoms with van der Waals surface area (Å²) in [6, 6.07) is 11.9. The molecule has 0 saturated carbocycles. The standard InChI is InChI=1S/C19H25N3O/c1-4-6-13-22(3)19(23)16-9-12-18(20-14-16)21-17-10-7-15(5-2)8-11-17/h7-12,14H,4-6,13H2,1-3H3,(H,20,21). The maximum atomic E-state index is 12.3. The number of unbranched alkanes of at least 4 members (excludes halogenated alkanes) is 1. The molecular weight excluding hydrogens is 286 g/mol. The van der Waals surface area contributed by atoms with Gasteiger partial charge in [-0.25, -0.2) is 4.98 Å². The van der Waals surface area contributed by atoms with E-state index in [2.05, 4.69) is 36.3 Å². The first-order valence-electron chi connectivity index (χ1n) is 8.21. The van der Waals surface area contributed by atoms with Crippen molar-refractivity contribution in [1.29, 1.82) is 0 Å². The van der Waals surface area contributed by atoms with Crippen molar-refractivity contribution < 1.29 is 4.79 Å². The molecule has 0 aliphatic heterocycles. The monoisotopic (exact) mass is 311 g/mol. The molecule has 4 nitrogen and oxygen atoms in total. The Hall–Kier alpha value is -2.36. The third-order valence-corrected chi connectivity index (χ3v) is 3.84. The second kappa shape index (κ2) is 8.32. The highest BCUT2D eigenvalue weighted by molar-refractivity contribution is 5.93. The number of aromatic nitrogens is 1. The van der Waals surface area contributed by atoms with E-state index in [9.17, 15) is 4.79 Å². The molecule has 0 radical (unpaired) electrons. The quantitative estimate of drug-likeness (QED) is 0.831. The van der Waals surface area contributed by atoms with Crippen LogP contribution in [-0.2, 0) is 6.42 Å². The van der Waals surface area contributed by atoms with Gasteiger partial charge in [0, 0.05) is 25.5 Å². The Morgan fingerprint density at radius 3 is 2.43 bits per heavy atom. The summed E-state index contributed by atoms with van der Waals surface area (Å²) in [5.74, 6) is 0.756. The molecule has 1 heterocycles. The van der Waals surface area contributed by atoms with Gasteiger partial charge in [0.25, 0.3) is 5.91 Å². The Bertz CT molecular complexity index is 620. The number of pyridine rings is 1. The van der Waals surface area contributed by atoms with Gasteiger partial charge in [-0.05, 0) is 42.7 Å². The first-order valence-corrected chi connectivity index (χ1v) is 8.21. The highest BCUT2D eigenvalue weighted by Crippen LogP contribution is 2.16. The van der Waals surface area contributed by atoms with Crippen LogP contribution in [0.5, 0.6) is 0 Å². The molecule has 122 valence electrons. The Morgan fingerprint density at radius 2 is 1.87 bits per heavy atom. The van der Waals surface area contributed by atoms with Crippen LogP contribution in [0.1, 0.15) is 42.6 Å². The maximum absolute atomic E-state index is 12.3. The van der Waals surface area contributed by atoms with E-state index in [1.54, 1.807) is 11.1 Å². The van der Waals surface area contributed by atoms with Gasteiger partial charge in [-0.1, -0.05) is 32.4 Å². The van der Waals surface area contributed by atoms with Crippen molar-refractivity contribution in [3.63, 3.8) is 0 Å². The summed E-state index contributed by atoms with van der Waals surface area (Å²) in [7, 11) is 1.83. The summed E-state index contributed by atoms with van der Waals surface area (Å²) < 4.78 is 0.